The summed E-state index contributed by atoms with van der Waals surface area (Å²) in [5, 5.41) is 9.06. The maximum atomic E-state index is 14.0. The molecule has 8 nitrogen and oxygen atoms in total. The smallest absolute Gasteiger partial charge is 0.312 e. The van der Waals surface area contributed by atoms with Crippen LogP contribution in [0.2, 0.25) is 0 Å². The molecule has 0 bridgehead atoms. The monoisotopic (exact) mass is 474 g/mol. The SMILES string of the molecule is CC(C)(C)N1CC=C[C@]23O[C@H]4/C=C\CCCOC(=O)[C@H]4[C@H]2C(=O)N(CCCCCCO)C3C1=O. The molecule has 4 aliphatic rings. The van der Waals surface area contributed by atoms with Crippen molar-refractivity contribution in [3.63, 3.8) is 0 Å². The molecule has 2 saturated heterocycles. The summed E-state index contributed by atoms with van der Waals surface area (Å²) < 4.78 is 12.1. The molecule has 0 radical (unpaired) electrons. The number of unbranched alkanes of at least 4 members (excludes halogenated alkanes) is 3. The largest absolute Gasteiger partial charge is 0.465 e. The van der Waals surface area contributed by atoms with Crippen molar-refractivity contribution in [3.8, 4) is 0 Å². The van der Waals surface area contributed by atoms with Crippen LogP contribution in [0.25, 0.3) is 0 Å². The molecule has 34 heavy (non-hydrogen) atoms. The van der Waals surface area contributed by atoms with Gasteiger partial charge in [0.15, 0.2) is 0 Å². The molecule has 2 amide bonds. The molecule has 1 spiro atoms. The van der Waals surface area contributed by atoms with Gasteiger partial charge in [-0.25, -0.2) is 0 Å². The van der Waals surface area contributed by atoms with Gasteiger partial charge in [-0.3, -0.25) is 14.4 Å². The molecule has 0 aliphatic carbocycles. The first-order chi connectivity index (χ1) is 16.2. The Bertz CT molecular complexity index is 862. The van der Waals surface area contributed by atoms with Gasteiger partial charge in [0.1, 0.15) is 17.6 Å². The van der Waals surface area contributed by atoms with Crippen LogP contribution in [0.3, 0.4) is 0 Å². The third kappa shape index (κ3) is 4.31. The van der Waals surface area contributed by atoms with Crippen molar-refractivity contribution in [2.45, 2.75) is 82.6 Å². The number of carbonyl (C=O) groups excluding carboxylic acids is 3. The average molecular weight is 475 g/mol. The summed E-state index contributed by atoms with van der Waals surface area (Å²) >= 11 is 0. The van der Waals surface area contributed by atoms with E-state index in [1.54, 1.807) is 9.80 Å². The van der Waals surface area contributed by atoms with Gasteiger partial charge in [0.2, 0.25) is 11.8 Å². The number of aliphatic hydroxyl groups excluding tert-OH is 1. The first-order valence-corrected chi connectivity index (χ1v) is 12.6. The van der Waals surface area contributed by atoms with Gasteiger partial charge in [0, 0.05) is 25.2 Å². The molecule has 5 atom stereocenters. The molecule has 1 N–H and O–H groups in total. The van der Waals surface area contributed by atoms with Crippen molar-refractivity contribution in [1.82, 2.24) is 9.80 Å². The van der Waals surface area contributed by atoms with E-state index in [0.29, 0.717) is 26.1 Å². The van der Waals surface area contributed by atoms with Gasteiger partial charge in [0.05, 0.1) is 18.6 Å². The van der Waals surface area contributed by atoms with Gasteiger partial charge in [-0.2, -0.15) is 0 Å². The summed E-state index contributed by atoms with van der Waals surface area (Å²) in [6.07, 6.45) is 11.7. The van der Waals surface area contributed by atoms with Crippen LogP contribution in [-0.4, -0.2) is 82.3 Å². The third-order valence-electron chi connectivity index (χ3n) is 7.47. The Morgan fingerprint density at radius 1 is 1.09 bits per heavy atom. The molecular formula is C26H38N2O6. The predicted octanol–water partition coefficient (Wildman–Crippen LogP) is 2.21. The molecule has 8 heteroatoms. The van der Waals surface area contributed by atoms with Crippen molar-refractivity contribution < 1.29 is 29.0 Å². The maximum absolute atomic E-state index is 14.0. The lowest BCUT2D eigenvalue weighted by atomic mass is 9.78. The van der Waals surface area contributed by atoms with Crippen LogP contribution in [0.1, 0.15) is 59.3 Å². The van der Waals surface area contributed by atoms with E-state index in [2.05, 4.69) is 0 Å². The Morgan fingerprint density at radius 2 is 1.85 bits per heavy atom. The van der Waals surface area contributed by atoms with Crippen LogP contribution < -0.4 is 0 Å². The summed E-state index contributed by atoms with van der Waals surface area (Å²) in [7, 11) is 0. The van der Waals surface area contributed by atoms with Crippen LogP contribution in [0.5, 0.6) is 0 Å². The van der Waals surface area contributed by atoms with Gasteiger partial charge in [-0.05, 0) is 46.5 Å². The first-order valence-electron chi connectivity index (χ1n) is 12.6. The molecule has 0 aromatic carbocycles. The van der Waals surface area contributed by atoms with Crippen molar-refractivity contribution in [2.75, 3.05) is 26.3 Å². The lowest BCUT2D eigenvalue weighted by Gasteiger charge is -2.40. The number of rotatable bonds is 6. The van der Waals surface area contributed by atoms with E-state index in [1.165, 1.54) is 0 Å². The second kappa shape index (κ2) is 9.82. The highest BCUT2D eigenvalue weighted by Gasteiger charge is 2.71. The van der Waals surface area contributed by atoms with Gasteiger partial charge in [-0.1, -0.05) is 37.1 Å². The van der Waals surface area contributed by atoms with Crippen molar-refractivity contribution >= 4 is 17.8 Å². The summed E-state index contributed by atoms with van der Waals surface area (Å²) in [6, 6.07) is -0.822. The number of esters is 1. The molecule has 4 aliphatic heterocycles. The minimum atomic E-state index is -1.20. The lowest BCUT2D eigenvalue weighted by molar-refractivity contribution is -0.155. The molecular weight excluding hydrogens is 436 g/mol. The quantitative estimate of drug-likeness (QED) is 0.360. The normalized spacial score (nSPS) is 34.5. The molecule has 4 rings (SSSR count). The molecule has 1 unspecified atom stereocenters. The van der Waals surface area contributed by atoms with Crippen LogP contribution >= 0.6 is 0 Å². The summed E-state index contributed by atoms with van der Waals surface area (Å²) in [5.74, 6) is -2.35. The summed E-state index contributed by atoms with van der Waals surface area (Å²) in [5.41, 5.74) is -1.63. The van der Waals surface area contributed by atoms with E-state index in [9.17, 15) is 14.4 Å². The summed E-state index contributed by atoms with van der Waals surface area (Å²) in [4.78, 5) is 44.5. The minimum Gasteiger partial charge on any atom is -0.465 e. The van der Waals surface area contributed by atoms with Gasteiger partial charge >= 0.3 is 5.97 Å². The Labute approximate surface area is 201 Å². The fourth-order valence-corrected chi connectivity index (χ4v) is 5.84. The van der Waals surface area contributed by atoms with Crippen LogP contribution in [-0.2, 0) is 23.9 Å². The highest BCUT2D eigenvalue weighted by Crippen LogP contribution is 2.53. The zero-order chi connectivity index (χ0) is 24.5. The first kappa shape index (κ1) is 24.9. The molecule has 4 heterocycles. The number of cyclic esters (lactones) is 1. The van der Waals surface area contributed by atoms with Gasteiger partial charge < -0.3 is 24.4 Å². The van der Waals surface area contributed by atoms with E-state index in [-0.39, 0.29) is 18.4 Å². The van der Waals surface area contributed by atoms with Crippen LogP contribution in [0.15, 0.2) is 24.3 Å². The molecule has 0 saturated carbocycles. The van der Waals surface area contributed by atoms with Gasteiger partial charge in [0.25, 0.3) is 0 Å². The highest BCUT2D eigenvalue weighted by atomic mass is 16.6. The zero-order valence-corrected chi connectivity index (χ0v) is 20.6. The van der Waals surface area contributed by atoms with Crippen LogP contribution in [0.4, 0.5) is 0 Å². The lowest BCUT2D eigenvalue weighted by Crippen LogP contribution is -2.58. The number of amides is 2. The van der Waals surface area contributed by atoms with Crippen molar-refractivity contribution in [2.24, 2.45) is 11.8 Å². The number of allylic oxidation sites excluding steroid dienone is 1. The standard InChI is InChI=1S/C26H38N2O6/c1-25(2,3)28-15-11-13-26-20(19-18(34-26)12-7-6-10-17-33-24(19)32)22(30)27(21(26)23(28)31)14-8-4-5-9-16-29/h7,11-13,18-21,29H,4-6,8-10,14-17H2,1-3H3/b12-7-/t18-,19+,20-,21?,26-/m0/s1. The second-order valence-electron chi connectivity index (χ2n) is 10.8. The summed E-state index contributed by atoms with van der Waals surface area (Å²) in [6.45, 7) is 7.24. The van der Waals surface area contributed by atoms with E-state index < -0.39 is 41.1 Å². The van der Waals surface area contributed by atoms with Crippen molar-refractivity contribution in [3.05, 3.63) is 24.3 Å². The Kier molecular flexibility index (Phi) is 7.20. The van der Waals surface area contributed by atoms with E-state index in [0.717, 1.165) is 32.1 Å². The Hall–Kier alpha value is -2.19. The fraction of sp³-hybridized carbons (Fsp3) is 0.731. The highest BCUT2D eigenvalue weighted by molar-refractivity contribution is 5.99. The average Bonchev–Trinajstić information content (AvgIpc) is 3.17. The maximum Gasteiger partial charge on any atom is 0.312 e. The second-order valence-corrected chi connectivity index (χ2v) is 10.8. The number of aliphatic hydroxyl groups is 1. The molecule has 0 aromatic rings. The number of fused-ring (bicyclic) bond motifs is 2. The molecule has 188 valence electrons. The Morgan fingerprint density at radius 3 is 2.59 bits per heavy atom. The fourth-order valence-electron chi connectivity index (χ4n) is 5.84. The Balaban J connectivity index is 1.73. The predicted molar refractivity (Wildman–Crippen MR) is 126 cm³/mol. The molecule has 2 fully saturated rings. The number of nitrogens with zero attached hydrogens (tertiary/aromatic N) is 2. The zero-order valence-electron chi connectivity index (χ0n) is 20.6. The number of hydrogen-bond acceptors (Lipinski definition) is 6. The minimum absolute atomic E-state index is 0.146. The van der Waals surface area contributed by atoms with Gasteiger partial charge in [-0.15, -0.1) is 0 Å². The topological polar surface area (TPSA) is 96.4 Å². The van der Waals surface area contributed by atoms with Crippen LogP contribution in [0, 0.1) is 11.8 Å². The van der Waals surface area contributed by atoms with E-state index >= 15 is 0 Å². The number of likely N-dealkylation sites (tertiary alicyclic amines) is 1. The number of ether oxygens (including phenoxy) is 2. The van der Waals surface area contributed by atoms with E-state index in [4.69, 9.17) is 14.6 Å². The molecule has 0 aromatic heterocycles. The van der Waals surface area contributed by atoms with Crippen molar-refractivity contribution in [1.29, 1.82) is 0 Å². The number of hydrogen-bond donors (Lipinski definition) is 1. The van der Waals surface area contributed by atoms with E-state index in [1.807, 2.05) is 45.1 Å². The number of carbonyl (C=O) groups is 3. The third-order valence-corrected chi connectivity index (χ3v) is 7.47.